The first-order valence-electron chi connectivity index (χ1n) is 2.51. The van der Waals surface area contributed by atoms with Crippen LogP contribution in [0.25, 0.3) is 0 Å². The van der Waals surface area contributed by atoms with Crippen LogP contribution in [-0.2, 0) is 0 Å². The molecule has 0 bridgehead atoms. The Morgan fingerprint density at radius 3 is 3.38 bits per heavy atom. The number of allylic oxidation sites excluding steroid dienone is 5. The van der Waals surface area contributed by atoms with Gasteiger partial charge in [-0.1, -0.05) is 12.2 Å². The van der Waals surface area contributed by atoms with Crippen LogP contribution in [0.4, 0.5) is 0 Å². The van der Waals surface area contributed by atoms with Crippen molar-refractivity contribution in [1.29, 1.82) is 0 Å². The Hall–Kier alpha value is -1.11. The summed E-state index contributed by atoms with van der Waals surface area (Å²) in [6.45, 7) is 0. The molecule has 0 unspecified atom stereocenters. The van der Waals surface area contributed by atoms with Gasteiger partial charge in [0.05, 0.1) is 5.71 Å². The van der Waals surface area contributed by atoms with Gasteiger partial charge in [0.15, 0.2) is 0 Å². The van der Waals surface area contributed by atoms with E-state index in [2.05, 4.69) is 11.1 Å². The maximum Gasteiger partial charge on any atom is 0.0709 e. The normalized spacial score (nSPS) is 21.0. The summed E-state index contributed by atoms with van der Waals surface area (Å²) < 4.78 is 0. The van der Waals surface area contributed by atoms with Gasteiger partial charge in [-0.15, -0.1) is 0 Å². The molecule has 2 rings (SSSR count). The third-order valence-electron chi connectivity index (χ3n) is 1.22. The van der Waals surface area contributed by atoms with Crippen molar-refractivity contribution in [1.82, 2.24) is 0 Å². The standard InChI is InChI=1S/C7H4N/c1-2-6-4-5-8-7(6)3-1/h1-3,5H. The Balaban J connectivity index is 2.59. The molecule has 1 heteroatoms. The zero-order valence-corrected chi connectivity index (χ0v) is 4.26. The first-order chi connectivity index (χ1) is 3.97. The molecule has 1 heterocycles. The minimum Gasteiger partial charge on any atom is -0.256 e. The summed E-state index contributed by atoms with van der Waals surface area (Å²) in [5.41, 5.74) is 2.16. The molecule has 0 aromatic carbocycles. The molecule has 37 valence electrons. The third kappa shape index (κ3) is 0.334. The van der Waals surface area contributed by atoms with E-state index < -0.39 is 0 Å². The molecule has 1 aliphatic carbocycles. The molecule has 0 aromatic heterocycles. The van der Waals surface area contributed by atoms with E-state index in [1.807, 2.05) is 18.2 Å². The van der Waals surface area contributed by atoms with Gasteiger partial charge in [0.2, 0.25) is 0 Å². The SMILES string of the molecule is [C]1=CN=C2C=CC=C12. The molecule has 0 amide bonds. The van der Waals surface area contributed by atoms with Gasteiger partial charge in [0.1, 0.15) is 0 Å². The first-order valence-corrected chi connectivity index (χ1v) is 2.51. The highest BCUT2D eigenvalue weighted by atomic mass is 14.7. The minimum absolute atomic E-state index is 1.05. The molecule has 1 aliphatic heterocycles. The summed E-state index contributed by atoms with van der Waals surface area (Å²) in [5.74, 6) is 0. The van der Waals surface area contributed by atoms with E-state index in [0.717, 1.165) is 11.3 Å². The highest BCUT2D eigenvalue weighted by Crippen LogP contribution is 2.13. The molecule has 1 nitrogen and oxygen atoms in total. The average molecular weight is 102 g/mol. The Morgan fingerprint density at radius 1 is 1.50 bits per heavy atom. The van der Waals surface area contributed by atoms with Gasteiger partial charge in [-0.25, -0.2) is 0 Å². The largest absolute Gasteiger partial charge is 0.256 e. The van der Waals surface area contributed by atoms with Crippen LogP contribution in [0.1, 0.15) is 0 Å². The van der Waals surface area contributed by atoms with E-state index in [9.17, 15) is 0 Å². The number of nitrogens with zero attached hydrogens (tertiary/aromatic N) is 1. The maximum atomic E-state index is 4.02. The lowest BCUT2D eigenvalue weighted by molar-refractivity contribution is 1.61. The van der Waals surface area contributed by atoms with Gasteiger partial charge in [-0.05, 0) is 6.08 Å². The Labute approximate surface area is 47.7 Å². The lowest BCUT2D eigenvalue weighted by atomic mass is 10.2. The topological polar surface area (TPSA) is 12.4 Å². The van der Waals surface area contributed by atoms with Crippen LogP contribution in [0.5, 0.6) is 0 Å². The summed E-state index contributed by atoms with van der Waals surface area (Å²) in [4.78, 5) is 4.02. The van der Waals surface area contributed by atoms with Crippen molar-refractivity contribution in [2.45, 2.75) is 0 Å². The summed E-state index contributed by atoms with van der Waals surface area (Å²) in [6, 6.07) is 0. The molecule has 0 aromatic rings. The monoisotopic (exact) mass is 102 g/mol. The van der Waals surface area contributed by atoms with Gasteiger partial charge in [0, 0.05) is 17.8 Å². The second kappa shape index (κ2) is 1.19. The van der Waals surface area contributed by atoms with Crippen LogP contribution in [0.3, 0.4) is 0 Å². The molecular formula is C7H4N. The van der Waals surface area contributed by atoms with Crippen molar-refractivity contribution in [2.75, 3.05) is 0 Å². The fourth-order valence-electron chi connectivity index (χ4n) is 0.817. The molecule has 8 heavy (non-hydrogen) atoms. The molecule has 0 saturated heterocycles. The number of rotatable bonds is 0. The van der Waals surface area contributed by atoms with Gasteiger partial charge in [0.25, 0.3) is 0 Å². The molecule has 0 fully saturated rings. The van der Waals surface area contributed by atoms with Crippen molar-refractivity contribution in [3.8, 4) is 0 Å². The lowest BCUT2D eigenvalue weighted by Crippen LogP contribution is -1.84. The summed E-state index contributed by atoms with van der Waals surface area (Å²) in [6.07, 6.45) is 10.6. The fourth-order valence-corrected chi connectivity index (χ4v) is 0.817. The van der Waals surface area contributed by atoms with Crippen molar-refractivity contribution in [3.05, 3.63) is 36.1 Å². The molecule has 0 atom stereocenters. The van der Waals surface area contributed by atoms with E-state index in [4.69, 9.17) is 0 Å². The van der Waals surface area contributed by atoms with Gasteiger partial charge in [-0.3, -0.25) is 4.99 Å². The number of fused-ring (bicyclic) bond motifs is 1. The number of hydrogen-bond acceptors (Lipinski definition) is 1. The molecular weight excluding hydrogens is 98.1 g/mol. The molecule has 1 radical (unpaired) electrons. The quantitative estimate of drug-likeness (QED) is 0.436. The Bertz CT molecular complexity index is 203. The second-order valence-electron chi connectivity index (χ2n) is 1.73. The second-order valence-corrected chi connectivity index (χ2v) is 1.73. The van der Waals surface area contributed by atoms with Crippen LogP contribution >= 0.6 is 0 Å². The zero-order valence-electron chi connectivity index (χ0n) is 4.26. The predicted molar refractivity (Wildman–Crippen MR) is 32.5 cm³/mol. The first kappa shape index (κ1) is 3.84. The van der Waals surface area contributed by atoms with E-state index in [-0.39, 0.29) is 0 Å². The van der Waals surface area contributed by atoms with E-state index >= 15 is 0 Å². The maximum absolute atomic E-state index is 4.02. The zero-order chi connectivity index (χ0) is 5.40. The fraction of sp³-hybridized carbons (Fsp3) is 0. The van der Waals surface area contributed by atoms with Gasteiger partial charge in [-0.2, -0.15) is 0 Å². The van der Waals surface area contributed by atoms with Crippen molar-refractivity contribution in [3.63, 3.8) is 0 Å². The summed E-state index contributed by atoms with van der Waals surface area (Å²) in [5, 5.41) is 0. The van der Waals surface area contributed by atoms with Crippen molar-refractivity contribution in [2.24, 2.45) is 4.99 Å². The molecule has 0 spiro atoms. The molecule has 2 aliphatic rings. The van der Waals surface area contributed by atoms with Crippen LogP contribution in [0.2, 0.25) is 0 Å². The highest BCUT2D eigenvalue weighted by Gasteiger charge is 2.07. The molecule has 0 N–H and O–H groups in total. The van der Waals surface area contributed by atoms with Crippen molar-refractivity contribution >= 4 is 5.71 Å². The highest BCUT2D eigenvalue weighted by molar-refractivity contribution is 6.13. The molecule has 0 saturated carbocycles. The number of hydrogen-bond donors (Lipinski definition) is 0. The summed E-state index contributed by atoms with van der Waals surface area (Å²) >= 11 is 0. The smallest absolute Gasteiger partial charge is 0.0709 e. The van der Waals surface area contributed by atoms with Crippen LogP contribution in [0.15, 0.2) is 35.0 Å². The Kier molecular flexibility index (Phi) is 0.570. The third-order valence-corrected chi connectivity index (χ3v) is 1.22. The Morgan fingerprint density at radius 2 is 2.50 bits per heavy atom. The minimum atomic E-state index is 1.05. The van der Waals surface area contributed by atoms with Crippen molar-refractivity contribution < 1.29 is 0 Å². The predicted octanol–water partition coefficient (Wildman–Crippen LogP) is 1.25. The van der Waals surface area contributed by atoms with E-state index in [0.29, 0.717) is 0 Å². The van der Waals surface area contributed by atoms with Crippen LogP contribution in [0, 0.1) is 6.08 Å². The lowest BCUT2D eigenvalue weighted by Gasteiger charge is -1.82. The number of aliphatic imine (C=N–C) groups is 1. The summed E-state index contributed by atoms with van der Waals surface area (Å²) in [7, 11) is 0. The van der Waals surface area contributed by atoms with Gasteiger partial charge < -0.3 is 0 Å². The van der Waals surface area contributed by atoms with E-state index in [1.165, 1.54) is 0 Å². The van der Waals surface area contributed by atoms with Gasteiger partial charge >= 0.3 is 0 Å². The van der Waals surface area contributed by atoms with E-state index in [1.54, 1.807) is 6.20 Å². The van der Waals surface area contributed by atoms with Crippen LogP contribution in [-0.4, -0.2) is 5.71 Å². The van der Waals surface area contributed by atoms with Crippen LogP contribution < -0.4 is 0 Å². The average Bonchev–Trinajstić information content (AvgIpc) is 2.15.